The van der Waals surface area contributed by atoms with E-state index in [-0.39, 0.29) is 0 Å². The highest BCUT2D eigenvalue weighted by Crippen LogP contribution is 2.05. The first kappa shape index (κ1) is 14.9. The van der Waals surface area contributed by atoms with Crippen molar-refractivity contribution in [1.29, 1.82) is 0 Å². The van der Waals surface area contributed by atoms with E-state index >= 15 is 0 Å². The van der Waals surface area contributed by atoms with Crippen molar-refractivity contribution in [2.24, 2.45) is 5.92 Å². The van der Waals surface area contributed by atoms with Crippen molar-refractivity contribution in [3.8, 4) is 0 Å². The number of nitrogens with zero attached hydrogens (tertiary/aromatic N) is 1. The van der Waals surface area contributed by atoms with Gasteiger partial charge in [-0.15, -0.1) is 0 Å². The van der Waals surface area contributed by atoms with Gasteiger partial charge < -0.3 is 15.2 Å². The summed E-state index contributed by atoms with van der Waals surface area (Å²) in [4.78, 5) is 2.43. The van der Waals surface area contributed by atoms with Gasteiger partial charge in [0, 0.05) is 26.2 Å². The molecule has 4 heteroatoms. The lowest BCUT2D eigenvalue weighted by Gasteiger charge is -2.32. The van der Waals surface area contributed by atoms with Crippen LogP contribution in [-0.4, -0.2) is 62.0 Å². The van der Waals surface area contributed by atoms with Gasteiger partial charge in [0.2, 0.25) is 0 Å². The van der Waals surface area contributed by atoms with Gasteiger partial charge >= 0.3 is 0 Å². The fourth-order valence-electron chi connectivity index (χ4n) is 2.12. The lowest BCUT2D eigenvalue weighted by molar-refractivity contribution is -0.0252. The molecule has 0 radical (unpaired) electrons. The second kappa shape index (κ2) is 8.86. The maximum atomic E-state index is 8.91. The molecule has 0 amide bonds. The quantitative estimate of drug-likeness (QED) is 0.617. The normalized spacial score (nSPS) is 23.8. The molecular weight excluding hydrogens is 216 g/mol. The van der Waals surface area contributed by atoms with Crippen molar-refractivity contribution in [2.75, 3.05) is 45.9 Å². The summed E-state index contributed by atoms with van der Waals surface area (Å²) in [5.41, 5.74) is 0. The zero-order valence-corrected chi connectivity index (χ0v) is 11.3. The predicted molar refractivity (Wildman–Crippen MR) is 70.2 cm³/mol. The van der Waals surface area contributed by atoms with Crippen LogP contribution in [0.3, 0.4) is 0 Å². The molecule has 0 aromatic carbocycles. The molecule has 0 aliphatic carbocycles. The Hall–Kier alpha value is -0.160. The number of aliphatic hydroxyl groups is 1. The minimum absolute atomic E-state index is 0.303. The molecule has 0 aromatic heterocycles. The highest BCUT2D eigenvalue weighted by molar-refractivity contribution is 4.72. The first-order valence-electron chi connectivity index (χ1n) is 6.91. The number of hydrogen-bond acceptors (Lipinski definition) is 4. The molecule has 1 fully saturated rings. The van der Waals surface area contributed by atoms with Gasteiger partial charge in [-0.05, 0) is 31.8 Å². The molecule has 0 bridgehead atoms. The summed E-state index contributed by atoms with van der Waals surface area (Å²) in [5.74, 6) is 0.429. The van der Waals surface area contributed by atoms with Crippen molar-refractivity contribution < 1.29 is 9.84 Å². The maximum absolute atomic E-state index is 8.91. The molecule has 17 heavy (non-hydrogen) atoms. The van der Waals surface area contributed by atoms with Crippen LogP contribution in [0.2, 0.25) is 0 Å². The molecule has 0 saturated carbocycles. The summed E-state index contributed by atoms with van der Waals surface area (Å²) < 4.78 is 5.71. The molecule has 2 atom stereocenters. The molecule has 1 heterocycles. The molecule has 1 aliphatic rings. The Morgan fingerprint density at radius 1 is 1.53 bits per heavy atom. The fourth-order valence-corrected chi connectivity index (χ4v) is 2.12. The zero-order valence-electron chi connectivity index (χ0n) is 11.3. The van der Waals surface area contributed by atoms with Gasteiger partial charge in [-0.3, -0.25) is 4.90 Å². The summed E-state index contributed by atoms with van der Waals surface area (Å²) >= 11 is 0. The maximum Gasteiger partial charge on any atom is 0.0826 e. The summed E-state index contributed by atoms with van der Waals surface area (Å²) in [6, 6.07) is 0. The Labute approximate surface area is 105 Å². The Morgan fingerprint density at radius 3 is 3.06 bits per heavy atom. The van der Waals surface area contributed by atoms with Crippen LogP contribution in [-0.2, 0) is 4.74 Å². The Balaban J connectivity index is 1.98. The van der Waals surface area contributed by atoms with Crippen LogP contribution in [0.1, 0.15) is 26.7 Å². The third-order valence-electron chi connectivity index (χ3n) is 3.40. The van der Waals surface area contributed by atoms with Crippen molar-refractivity contribution in [1.82, 2.24) is 10.2 Å². The molecule has 1 saturated heterocycles. The fraction of sp³-hybridized carbons (Fsp3) is 1.00. The van der Waals surface area contributed by atoms with E-state index in [1.54, 1.807) is 0 Å². The first-order valence-corrected chi connectivity index (χ1v) is 6.91. The van der Waals surface area contributed by atoms with Gasteiger partial charge in [0.25, 0.3) is 0 Å². The van der Waals surface area contributed by atoms with Gasteiger partial charge in [0.05, 0.1) is 12.7 Å². The lowest BCUT2D eigenvalue weighted by Crippen LogP contribution is -2.46. The largest absolute Gasteiger partial charge is 0.396 e. The summed E-state index contributed by atoms with van der Waals surface area (Å²) in [6.07, 6.45) is 2.57. The molecule has 102 valence electrons. The summed E-state index contributed by atoms with van der Waals surface area (Å²) in [6.45, 7) is 10.7. The second-order valence-corrected chi connectivity index (χ2v) is 5.02. The molecule has 2 unspecified atom stereocenters. The average molecular weight is 244 g/mol. The van der Waals surface area contributed by atoms with E-state index in [0.717, 1.165) is 52.2 Å². The summed E-state index contributed by atoms with van der Waals surface area (Å²) in [5, 5.41) is 12.4. The SMILES string of the molecule is CCN1CCOC(CNCCCC(C)CO)C1. The minimum Gasteiger partial charge on any atom is -0.396 e. The number of likely N-dealkylation sites (N-methyl/N-ethyl adjacent to an activating group) is 1. The second-order valence-electron chi connectivity index (χ2n) is 5.02. The van der Waals surface area contributed by atoms with Crippen LogP contribution >= 0.6 is 0 Å². The van der Waals surface area contributed by atoms with E-state index in [9.17, 15) is 0 Å². The number of aliphatic hydroxyl groups excluding tert-OH is 1. The Kier molecular flexibility index (Phi) is 7.77. The third-order valence-corrected chi connectivity index (χ3v) is 3.40. The standard InChI is InChI=1S/C13H28N2O2/c1-3-15-7-8-17-13(10-15)9-14-6-4-5-12(2)11-16/h12-14,16H,3-11H2,1-2H3. The molecule has 1 rings (SSSR count). The lowest BCUT2D eigenvalue weighted by atomic mass is 10.1. The van der Waals surface area contributed by atoms with Gasteiger partial charge in [-0.25, -0.2) is 0 Å². The zero-order chi connectivity index (χ0) is 12.5. The van der Waals surface area contributed by atoms with Gasteiger partial charge in [0.15, 0.2) is 0 Å². The van der Waals surface area contributed by atoms with Crippen LogP contribution in [0, 0.1) is 5.92 Å². The van der Waals surface area contributed by atoms with Crippen molar-refractivity contribution in [2.45, 2.75) is 32.8 Å². The van der Waals surface area contributed by atoms with Crippen LogP contribution in [0.25, 0.3) is 0 Å². The Morgan fingerprint density at radius 2 is 2.35 bits per heavy atom. The molecule has 4 nitrogen and oxygen atoms in total. The number of morpholine rings is 1. The van der Waals surface area contributed by atoms with Gasteiger partial charge in [0.1, 0.15) is 0 Å². The number of nitrogens with one attached hydrogen (secondary N) is 1. The molecule has 0 aromatic rings. The van der Waals surface area contributed by atoms with E-state index < -0.39 is 0 Å². The Bertz CT molecular complexity index is 190. The van der Waals surface area contributed by atoms with E-state index in [4.69, 9.17) is 9.84 Å². The molecular formula is C13H28N2O2. The van der Waals surface area contributed by atoms with E-state index in [0.29, 0.717) is 18.6 Å². The topological polar surface area (TPSA) is 44.7 Å². The predicted octanol–water partition coefficient (Wildman–Crippen LogP) is 0.705. The van der Waals surface area contributed by atoms with E-state index in [1.807, 2.05) is 0 Å². The molecule has 2 N–H and O–H groups in total. The first-order chi connectivity index (χ1) is 8.26. The van der Waals surface area contributed by atoms with Gasteiger partial charge in [-0.2, -0.15) is 0 Å². The van der Waals surface area contributed by atoms with Gasteiger partial charge in [-0.1, -0.05) is 13.8 Å². The molecule has 0 spiro atoms. The highest BCUT2D eigenvalue weighted by Gasteiger charge is 2.18. The molecule has 1 aliphatic heterocycles. The summed E-state index contributed by atoms with van der Waals surface area (Å²) in [7, 11) is 0. The number of hydrogen-bond donors (Lipinski definition) is 2. The number of ether oxygens (including phenoxy) is 1. The van der Waals surface area contributed by atoms with Crippen LogP contribution < -0.4 is 5.32 Å². The van der Waals surface area contributed by atoms with Crippen molar-refractivity contribution in [3.05, 3.63) is 0 Å². The third kappa shape index (κ3) is 6.36. The monoisotopic (exact) mass is 244 g/mol. The average Bonchev–Trinajstić information content (AvgIpc) is 2.38. The van der Waals surface area contributed by atoms with Crippen molar-refractivity contribution in [3.63, 3.8) is 0 Å². The smallest absolute Gasteiger partial charge is 0.0826 e. The number of rotatable bonds is 8. The van der Waals surface area contributed by atoms with Crippen LogP contribution in [0.15, 0.2) is 0 Å². The van der Waals surface area contributed by atoms with E-state index in [2.05, 4.69) is 24.1 Å². The van der Waals surface area contributed by atoms with Crippen molar-refractivity contribution >= 4 is 0 Å². The van der Waals surface area contributed by atoms with Crippen LogP contribution in [0.5, 0.6) is 0 Å². The minimum atomic E-state index is 0.303. The highest BCUT2D eigenvalue weighted by atomic mass is 16.5. The van der Waals surface area contributed by atoms with E-state index in [1.165, 1.54) is 0 Å². The van der Waals surface area contributed by atoms with Crippen LogP contribution in [0.4, 0.5) is 0 Å².